The van der Waals surface area contributed by atoms with Gasteiger partial charge in [0, 0.05) is 44.0 Å². The van der Waals surface area contributed by atoms with Crippen LogP contribution in [-0.2, 0) is 17.4 Å². The number of anilines is 1. The molecule has 2 aromatic carbocycles. The number of amides is 1. The summed E-state index contributed by atoms with van der Waals surface area (Å²) in [7, 11) is 0. The third-order valence-electron chi connectivity index (χ3n) is 7.13. The quantitative estimate of drug-likeness (QED) is 0.566. The van der Waals surface area contributed by atoms with E-state index in [1.54, 1.807) is 0 Å². The van der Waals surface area contributed by atoms with E-state index in [1.807, 2.05) is 0 Å². The van der Waals surface area contributed by atoms with Gasteiger partial charge in [0.2, 0.25) is 5.91 Å². The van der Waals surface area contributed by atoms with E-state index in [0.29, 0.717) is 6.04 Å². The molecule has 2 N–H and O–H groups in total. The lowest BCUT2D eigenvalue weighted by molar-refractivity contribution is -0.136. The van der Waals surface area contributed by atoms with Crippen molar-refractivity contribution in [2.45, 2.75) is 50.9 Å². The Labute approximate surface area is 202 Å². The second-order valence-electron chi connectivity index (χ2n) is 9.67. The van der Waals surface area contributed by atoms with Crippen molar-refractivity contribution >= 4 is 22.6 Å². The van der Waals surface area contributed by atoms with Crippen LogP contribution < -0.4 is 10.2 Å². The van der Waals surface area contributed by atoms with E-state index in [4.69, 9.17) is 0 Å². The first-order valence-corrected chi connectivity index (χ1v) is 12.2. The molecule has 2 aliphatic rings. The first-order chi connectivity index (χ1) is 16.8. The number of nitrogens with zero attached hydrogens (tertiary/aromatic N) is 3. The molecule has 0 spiro atoms. The van der Waals surface area contributed by atoms with Gasteiger partial charge in [0.25, 0.3) is 0 Å². The van der Waals surface area contributed by atoms with Crippen molar-refractivity contribution in [2.75, 3.05) is 31.1 Å². The number of fused-ring (bicyclic) bond motifs is 1. The van der Waals surface area contributed by atoms with Gasteiger partial charge in [-0.2, -0.15) is 13.2 Å². The van der Waals surface area contributed by atoms with Crippen LogP contribution in [0.5, 0.6) is 0 Å². The molecule has 0 aliphatic carbocycles. The number of H-pyrrole nitrogens is 1. The molecule has 5 rings (SSSR count). The average Bonchev–Trinajstić information content (AvgIpc) is 3.44. The molecular formula is C26H30F3N5O. The summed E-state index contributed by atoms with van der Waals surface area (Å²) in [4.78, 5) is 24.5. The molecule has 0 saturated carbocycles. The Morgan fingerprint density at radius 1 is 1.11 bits per heavy atom. The second kappa shape index (κ2) is 9.53. The average molecular weight is 486 g/mol. The largest absolute Gasteiger partial charge is 0.418 e. The van der Waals surface area contributed by atoms with Gasteiger partial charge >= 0.3 is 6.18 Å². The van der Waals surface area contributed by atoms with Crippen molar-refractivity contribution in [3.8, 4) is 0 Å². The van der Waals surface area contributed by atoms with Gasteiger partial charge in [0.1, 0.15) is 11.3 Å². The minimum atomic E-state index is -4.49. The predicted molar refractivity (Wildman–Crippen MR) is 129 cm³/mol. The Morgan fingerprint density at radius 2 is 1.89 bits per heavy atom. The number of hydrogen-bond acceptors (Lipinski definition) is 4. The van der Waals surface area contributed by atoms with Crippen molar-refractivity contribution < 1.29 is 18.0 Å². The zero-order valence-corrected chi connectivity index (χ0v) is 19.7. The fraction of sp³-hybridized carbons (Fsp3) is 0.462. The van der Waals surface area contributed by atoms with Crippen molar-refractivity contribution in [3.05, 3.63) is 59.4 Å². The van der Waals surface area contributed by atoms with E-state index in [2.05, 4.69) is 56.3 Å². The van der Waals surface area contributed by atoms with Gasteiger partial charge in [-0.05, 0) is 56.0 Å². The van der Waals surface area contributed by atoms with Crippen LogP contribution in [0.4, 0.5) is 18.9 Å². The van der Waals surface area contributed by atoms with Crippen LogP contribution in [-0.4, -0.2) is 59.0 Å². The Kier molecular flexibility index (Phi) is 6.44. The summed E-state index contributed by atoms with van der Waals surface area (Å²) >= 11 is 0. The highest BCUT2D eigenvalue weighted by molar-refractivity contribution is 5.82. The molecule has 186 valence electrons. The van der Waals surface area contributed by atoms with Crippen LogP contribution >= 0.6 is 0 Å². The molecule has 2 fully saturated rings. The molecular weight excluding hydrogens is 455 g/mol. The highest BCUT2D eigenvalue weighted by Gasteiger charge is 2.34. The van der Waals surface area contributed by atoms with Crippen LogP contribution in [0.3, 0.4) is 0 Å². The number of rotatable bonds is 5. The van der Waals surface area contributed by atoms with Gasteiger partial charge in [-0.15, -0.1) is 0 Å². The number of benzene rings is 2. The van der Waals surface area contributed by atoms with Gasteiger partial charge in [0.15, 0.2) is 0 Å². The summed E-state index contributed by atoms with van der Waals surface area (Å²) in [5, 5.41) is 3.05. The maximum absolute atomic E-state index is 13.2. The minimum Gasteiger partial charge on any atom is -0.371 e. The summed E-state index contributed by atoms with van der Waals surface area (Å²) < 4.78 is 39.7. The number of piperidine rings is 1. The van der Waals surface area contributed by atoms with E-state index in [1.165, 1.54) is 23.4 Å². The number of nitrogens with one attached hydrogen (secondary N) is 2. The zero-order valence-electron chi connectivity index (χ0n) is 19.7. The van der Waals surface area contributed by atoms with Crippen LogP contribution in [0, 0.1) is 6.92 Å². The van der Waals surface area contributed by atoms with Crippen LogP contribution in [0.15, 0.2) is 42.5 Å². The summed E-state index contributed by atoms with van der Waals surface area (Å²) in [5.74, 6) is 0.0197. The number of hydrogen-bond donors (Lipinski definition) is 2. The Hall–Kier alpha value is -3.07. The molecule has 1 aromatic heterocycles. The van der Waals surface area contributed by atoms with Crippen LogP contribution in [0.2, 0.25) is 0 Å². The van der Waals surface area contributed by atoms with Crippen molar-refractivity contribution in [1.29, 1.82) is 0 Å². The molecule has 2 aliphatic heterocycles. The van der Waals surface area contributed by atoms with Crippen molar-refractivity contribution in [3.63, 3.8) is 0 Å². The summed E-state index contributed by atoms with van der Waals surface area (Å²) in [5.41, 5.74) is 1.89. The van der Waals surface area contributed by atoms with Gasteiger partial charge in [-0.3, -0.25) is 9.69 Å². The molecule has 0 bridgehead atoms. The zero-order chi connectivity index (χ0) is 24.6. The lowest BCUT2D eigenvalue weighted by atomic mass is 10.0. The van der Waals surface area contributed by atoms with Crippen molar-refractivity contribution in [1.82, 2.24) is 20.2 Å². The Balaban J connectivity index is 1.13. The Morgan fingerprint density at radius 3 is 2.63 bits per heavy atom. The SMILES string of the molecule is Cc1cccc(N2CCC(N3CC[C@@H](NC(=O)Cc4nc5c(C(F)(F)F)cccc5[nH]4)C3)CC2)c1. The molecule has 35 heavy (non-hydrogen) atoms. The predicted octanol–water partition coefficient (Wildman–Crippen LogP) is 4.29. The van der Waals surface area contributed by atoms with E-state index in [-0.39, 0.29) is 35.2 Å². The smallest absolute Gasteiger partial charge is 0.371 e. The van der Waals surface area contributed by atoms with E-state index < -0.39 is 11.7 Å². The number of halogens is 3. The number of carbonyl (C=O) groups is 1. The van der Waals surface area contributed by atoms with E-state index in [9.17, 15) is 18.0 Å². The molecule has 0 radical (unpaired) electrons. The lowest BCUT2D eigenvalue weighted by Gasteiger charge is -2.38. The third-order valence-corrected chi connectivity index (χ3v) is 7.13. The van der Waals surface area contributed by atoms with Gasteiger partial charge in [-0.1, -0.05) is 18.2 Å². The fourth-order valence-corrected chi connectivity index (χ4v) is 5.38. The van der Waals surface area contributed by atoms with Gasteiger partial charge in [-0.25, -0.2) is 4.98 Å². The molecule has 6 nitrogen and oxygen atoms in total. The van der Waals surface area contributed by atoms with E-state index >= 15 is 0 Å². The molecule has 3 aromatic rings. The van der Waals surface area contributed by atoms with Gasteiger partial charge < -0.3 is 15.2 Å². The highest BCUT2D eigenvalue weighted by atomic mass is 19.4. The maximum Gasteiger partial charge on any atom is 0.418 e. The summed E-state index contributed by atoms with van der Waals surface area (Å²) in [6.45, 7) is 5.91. The number of aryl methyl sites for hydroxylation is 1. The normalized spacial score (nSPS) is 20.0. The van der Waals surface area contributed by atoms with Crippen LogP contribution in [0.1, 0.15) is 36.2 Å². The third kappa shape index (κ3) is 5.29. The second-order valence-corrected chi connectivity index (χ2v) is 9.67. The molecule has 0 unspecified atom stereocenters. The number of para-hydroxylation sites is 1. The molecule has 1 atom stereocenters. The van der Waals surface area contributed by atoms with Crippen molar-refractivity contribution in [2.24, 2.45) is 0 Å². The molecule has 1 amide bonds. The number of imidazole rings is 1. The standard InChI is InChI=1S/C26H30F3N5O/c1-17-4-2-5-20(14-17)33-12-9-19(10-13-33)34-11-8-18(16-34)30-24(35)15-23-31-22-7-3-6-21(25(22)32-23)26(27,28)29/h2-7,14,18-19H,8-13,15-16H2,1H3,(H,30,35)(H,31,32)/t18-/m1/s1. The molecule has 9 heteroatoms. The number of aromatic amines is 1. The first kappa shape index (κ1) is 23.7. The summed E-state index contributed by atoms with van der Waals surface area (Å²) in [6.07, 6.45) is -1.50. The monoisotopic (exact) mass is 485 g/mol. The summed E-state index contributed by atoms with van der Waals surface area (Å²) in [6, 6.07) is 13.1. The minimum absolute atomic E-state index is 0.0485. The number of aromatic nitrogens is 2. The molecule has 3 heterocycles. The van der Waals surface area contributed by atoms with E-state index in [0.717, 1.165) is 51.5 Å². The number of alkyl halides is 3. The van der Waals surface area contributed by atoms with Gasteiger partial charge in [0.05, 0.1) is 17.5 Å². The lowest BCUT2D eigenvalue weighted by Crippen LogP contribution is -2.45. The maximum atomic E-state index is 13.2. The Bertz CT molecular complexity index is 1200. The first-order valence-electron chi connectivity index (χ1n) is 12.2. The van der Waals surface area contributed by atoms with Crippen LogP contribution in [0.25, 0.3) is 11.0 Å². The highest BCUT2D eigenvalue weighted by Crippen LogP contribution is 2.33. The number of likely N-dealkylation sites (tertiary alicyclic amines) is 1. The topological polar surface area (TPSA) is 64.3 Å². The fourth-order valence-electron chi connectivity index (χ4n) is 5.38. The molecule has 2 saturated heterocycles. The number of carbonyl (C=O) groups excluding carboxylic acids is 1.